The minimum Gasteiger partial charge on any atom is -0.394 e. The molecule has 0 aromatic carbocycles. The first-order valence-corrected chi connectivity index (χ1v) is 21.2. The van der Waals surface area contributed by atoms with E-state index >= 15 is 0 Å². The molecule has 7 atom stereocenters. The first-order chi connectivity index (χ1) is 24.3. The lowest BCUT2D eigenvalue weighted by Gasteiger charge is -2.40. The highest BCUT2D eigenvalue weighted by Gasteiger charge is 2.44. The van der Waals surface area contributed by atoms with E-state index in [0.29, 0.717) is 12.8 Å². The zero-order chi connectivity index (χ0) is 36.7. The van der Waals surface area contributed by atoms with Gasteiger partial charge in [0.05, 0.1) is 25.4 Å². The van der Waals surface area contributed by atoms with Crippen LogP contribution in [0, 0.1) is 0 Å². The molecule has 9 heteroatoms. The van der Waals surface area contributed by atoms with Crippen LogP contribution in [0.3, 0.4) is 0 Å². The molecule has 1 heterocycles. The maximum absolute atomic E-state index is 12.9. The molecule has 1 saturated heterocycles. The number of ether oxygens (including phenoxy) is 2. The van der Waals surface area contributed by atoms with Crippen LogP contribution < -0.4 is 5.32 Å². The number of carbonyl (C=O) groups is 1. The Morgan fingerprint density at radius 1 is 0.600 bits per heavy atom. The zero-order valence-electron chi connectivity index (χ0n) is 32.4. The first kappa shape index (κ1) is 47.2. The molecule has 1 aliphatic heterocycles. The molecule has 1 aliphatic rings. The Balaban J connectivity index is 2.36. The SMILES string of the molecule is CCCCCCCCCCCCCCCCCC[C@@H](O)[C@H](CO[C@@H]1O[C@H](CO)[C@H](O)C(O)C1O)NC(=O)CCCCCCCCCCCCC. The number of hydrogen-bond acceptors (Lipinski definition) is 8. The molecular formula is C41H81NO8. The smallest absolute Gasteiger partial charge is 0.220 e. The molecule has 1 fully saturated rings. The van der Waals surface area contributed by atoms with Crippen molar-refractivity contribution in [2.24, 2.45) is 0 Å². The summed E-state index contributed by atoms with van der Waals surface area (Å²) in [5.41, 5.74) is 0. The highest BCUT2D eigenvalue weighted by molar-refractivity contribution is 5.76. The van der Waals surface area contributed by atoms with E-state index in [-0.39, 0.29) is 12.5 Å². The zero-order valence-corrected chi connectivity index (χ0v) is 32.4. The maximum Gasteiger partial charge on any atom is 0.220 e. The second kappa shape index (κ2) is 32.8. The molecule has 50 heavy (non-hydrogen) atoms. The van der Waals surface area contributed by atoms with Crippen molar-refractivity contribution in [3.05, 3.63) is 0 Å². The summed E-state index contributed by atoms with van der Waals surface area (Å²) < 4.78 is 11.2. The van der Waals surface area contributed by atoms with Crippen molar-refractivity contribution in [2.45, 2.75) is 243 Å². The van der Waals surface area contributed by atoms with Gasteiger partial charge in [0.25, 0.3) is 0 Å². The van der Waals surface area contributed by atoms with E-state index in [9.17, 15) is 30.3 Å². The fourth-order valence-corrected chi connectivity index (χ4v) is 6.98. The van der Waals surface area contributed by atoms with Gasteiger partial charge >= 0.3 is 0 Å². The summed E-state index contributed by atoms with van der Waals surface area (Å²) in [6, 6.07) is -0.709. The van der Waals surface area contributed by atoms with Gasteiger partial charge in [0.1, 0.15) is 24.4 Å². The van der Waals surface area contributed by atoms with Crippen LogP contribution in [0.1, 0.15) is 200 Å². The van der Waals surface area contributed by atoms with E-state index in [1.807, 2.05) is 0 Å². The first-order valence-electron chi connectivity index (χ1n) is 21.2. The number of amides is 1. The molecular weight excluding hydrogens is 634 g/mol. The lowest BCUT2D eigenvalue weighted by atomic mass is 9.99. The third kappa shape index (κ3) is 23.7. The average molecular weight is 716 g/mol. The monoisotopic (exact) mass is 716 g/mol. The molecule has 0 spiro atoms. The van der Waals surface area contributed by atoms with Crippen molar-refractivity contribution < 1.29 is 39.8 Å². The van der Waals surface area contributed by atoms with Crippen LogP contribution in [-0.4, -0.2) is 87.5 Å². The lowest BCUT2D eigenvalue weighted by Crippen LogP contribution is -2.60. The summed E-state index contributed by atoms with van der Waals surface area (Å²) in [5, 5.41) is 54.2. The molecule has 0 saturated carbocycles. The van der Waals surface area contributed by atoms with Gasteiger partial charge in [-0.3, -0.25) is 4.79 Å². The van der Waals surface area contributed by atoms with Crippen LogP contribution in [0.15, 0.2) is 0 Å². The topological polar surface area (TPSA) is 149 Å². The van der Waals surface area contributed by atoms with E-state index in [4.69, 9.17) is 9.47 Å². The molecule has 298 valence electrons. The van der Waals surface area contributed by atoms with Gasteiger partial charge in [-0.15, -0.1) is 0 Å². The van der Waals surface area contributed by atoms with Crippen molar-refractivity contribution in [1.29, 1.82) is 0 Å². The van der Waals surface area contributed by atoms with Crippen LogP contribution in [0.5, 0.6) is 0 Å². The quantitative estimate of drug-likeness (QED) is 0.0362. The van der Waals surface area contributed by atoms with Crippen molar-refractivity contribution in [3.63, 3.8) is 0 Å². The number of nitrogens with one attached hydrogen (secondary N) is 1. The van der Waals surface area contributed by atoms with Gasteiger partial charge in [-0.1, -0.05) is 181 Å². The number of hydrogen-bond donors (Lipinski definition) is 6. The molecule has 6 N–H and O–H groups in total. The summed E-state index contributed by atoms with van der Waals surface area (Å²) in [5.74, 6) is -0.144. The predicted molar refractivity (Wildman–Crippen MR) is 203 cm³/mol. The van der Waals surface area contributed by atoms with E-state index in [0.717, 1.165) is 38.5 Å². The van der Waals surface area contributed by atoms with Crippen molar-refractivity contribution in [2.75, 3.05) is 13.2 Å². The fourth-order valence-electron chi connectivity index (χ4n) is 6.98. The second-order valence-corrected chi connectivity index (χ2v) is 15.1. The Labute approximate surface area is 306 Å². The summed E-state index contributed by atoms with van der Waals surface area (Å²) in [7, 11) is 0. The van der Waals surface area contributed by atoms with Crippen molar-refractivity contribution >= 4 is 5.91 Å². The van der Waals surface area contributed by atoms with Gasteiger partial charge in [0, 0.05) is 6.42 Å². The molecule has 0 bridgehead atoms. The minimum atomic E-state index is -1.55. The van der Waals surface area contributed by atoms with Gasteiger partial charge in [0.2, 0.25) is 5.91 Å². The molecule has 0 aromatic rings. The Hall–Kier alpha value is -0.810. The van der Waals surface area contributed by atoms with Gasteiger partial charge in [-0.05, 0) is 12.8 Å². The van der Waals surface area contributed by atoms with Crippen LogP contribution in [0.2, 0.25) is 0 Å². The number of aliphatic hydroxyl groups excluding tert-OH is 5. The molecule has 1 amide bonds. The normalized spacial score (nSPS) is 22.1. The van der Waals surface area contributed by atoms with Crippen LogP contribution in [-0.2, 0) is 14.3 Å². The van der Waals surface area contributed by atoms with Gasteiger partial charge in [-0.2, -0.15) is 0 Å². The Morgan fingerprint density at radius 3 is 1.42 bits per heavy atom. The number of carbonyl (C=O) groups excluding carboxylic acids is 1. The summed E-state index contributed by atoms with van der Waals surface area (Å²) in [4.78, 5) is 12.9. The van der Waals surface area contributed by atoms with E-state index in [1.54, 1.807) is 0 Å². The van der Waals surface area contributed by atoms with Crippen LogP contribution >= 0.6 is 0 Å². The highest BCUT2D eigenvalue weighted by Crippen LogP contribution is 2.23. The summed E-state index contributed by atoms with van der Waals surface area (Å²) >= 11 is 0. The highest BCUT2D eigenvalue weighted by atomic mass is 16.7. The Morgan fingerprint density at radius 2 is 1.00 bits per heavy atom. The third-order valence-corrected chi connectivity index (χ3v) is 10.5. The fraction of sp³-hybridized carbons (Fsp3) is 0.976. The lowest BCUT2D eigenvalue weighted by molar-refractivity contribution is -0.302. The van der Waals surface area contributed by atoms with E-state index in [2.05, 4.69) is 19.2 Å². The van der Waals surface area contributed by atoms with E-state index in [1.165, 1.54) is 135 Å². The number of unbranched alkanes of at least 4 members (excludes halogenated alkanes) is 25. The third-order valence-electron chi connectivity index (χ3n) is 10.5. The molecule has 0 radical (unpaired) electrons. The standard InChI is InChI=1S/C41H81NO8/c1-3-5-7-9-11-13-15-16-17-18-19-21-22-24-26-28-30-35(44)34(33-49-41-40(48)39(47)38(46)36(32-43)50-41)42-37(45)31-29-27-25-23-20-14-12-10-8-6-4-2/h34-36,38-41,43-44,46-48H,3-33H2,1-2H3,(H,42,45)/t34-,35+,36+,38-,39?,40?,41+/m0/s1. The Bertz CT molecular complexity index is 756. The number of aliphatic hydroxyl groups is 5. The molecule has 0 aromatic heterocycles. The van der Waals surface area contributed by atoms with Gasteiger partial charge in [-0.25, -0.2) is 0 Å². The second-order valence-electron chi connectivity index (χ2n) is 15.1. The predicted octanol–water partition coefficient (Wildman–Crippen LogP) is 8.00. The van der Waals surface area contributed by atoms with Crippen molar-refractivity contribution in [1.82, 2.24) is 5.32 Å². The van der Waals surface area contributed by atoms with Crippen LogP contribution in [0.25, 0.3) is 0 Å². The molecule has 0 aliphatic carbocycles. The number of rotatable bonds is 35. The molecule has 9 nitrogen and oxygen atoms in total. The maximum atomic E-state index is 12.9. The van der Waals surface area contributed by atoms with Gasteiger partial charge in [0.15, 0.2) is 6.29 Å². The molecule has 2 unspecified atom stereocenters. The average Bonchev–Trinajstić information content (AvgIpc) is 3.11. The Kier molecular flexibility index (Phi) is 31.0. The summed E-state index contributed by atoms with van der Waals surface area (Å²) in [6.45, 7) is 3.82. The summed E-state index contributed by atoms with van der Waals surface area (Å²) in [6.07, 6.45) is 26.8. The minimum absolute atomic E-state index is 0.132. The van der Waals surface area contributed by atoms with Crippen LogP contribution in [0.4, 0.5) is 0 Å². The van der Waals surface area contributed by atoms with Gasteiger partial charge < -0.3 is 40.3 Å². The van der Waals surface area contributed by atoms with E-state index < -0.39 is 49.5 Å². The largest absolute Gasteiger partial charge is 0.394 e. The van der Waals surface area contributed by atoms with Crippen molar-refractivity contribution in [3.8, 4) is 0 Å². The molecule has 1 rings (SSSR count).